The van der Waals surface area contributed by atoms with Crippen molar-refractivity contribution >= 4 is 40.2 Å². The fourth-order valence-electron chi connectivity index (χ4n) is 6.68. The number of aromatic nitrogens is 1. The molecule has 46 heavy (non-hydrogen) atoms. The summed E-state index contributed by atoms with van der Waals surface area (Å²) in [6.45, 7) is 5.77. The van der Waals surface area contributed by atoms with E-state index in [4.69, 9.17) is 4.84 Å². The van der Waals surface area contributed by atoms with Gasteiger partial charge in [-0.1, -0.05) is 51.3 Å². The molecule has 0 saturated carbocycles. The van der Waals surface area contributed by atoms with E-state index in [-0.39, 0.29) is 48.6 Å². The second kappa shape index (κ2) is 16.2. The monoisotopic (exact) mass is 638 g/mol. The van der Waals surface area contributed by atoms with Crippen LogP contribution in [-0.2, 0) is 30.4 Å². The number of carbonyl (C=O) groups excluding carboxylic acids is 5. The van der Waals surface area contributed by atoms with Gasteiger partial charge >= 0.3 is 0 Å². The molecule has 1 aromatic heterocycles. The number of piperidine rings is 1. The van der Waals surface area contributed by atoms with E-state index in [2.05, 4.69) is 10.6 Å². The topological polar surface area (TPSA) is 147 Å². The molecule has 3 amide bonds. The van der Waals surface area contributed by atoms with Crippen LogP contribution in [0.5, 0.6) is 0 Å². The van der Waals surface area contributed by atoms with E-state index in [9.17, 15) is 29.1 Å². The van der Waals surface area contributed by atoms with Gasteiger partial charge in [0.05, 0.1) is 11.6 Å². The maximum absolute atomic E-state index is 14.1. The molecule has 3 heterocycles. The second-order valence-corrected chi connectivity index (χ2v) is 13.0. The van der Waals surface area contributed by atoms with Crippen LogP contribution in [0, 0.1) is 11.8 Å². The van der Waals surface area contributed by atoms with Crippen LogP contribution in [0.4, 0.5) is 0 Å². The van der Waals surface area contributed by atoms with Crippen LogP contribution < -0.4 is 15.5 Å². The first-order chi connectivity index (χ1) is 22.0. The zero-order valence-electron chi connectivity index (χ0n) is 27.6. The Morgan fingerprint density at radius 2 is 1.80 bits per heavy atom. The van der Waals surface area contributed by atoms with E-state index >= 15 is 0 Å². The highest BCUT2D eigenvalue weighted by molar-refractivity contribution is 5.98. The van der Waals surface area contributed by atoms with Crippen LogP contribution in [-0.4, -0.2) is 81.9 Å². The number of nitrogens with one attached hydrogen (secondary N) is 2. The van der Waals surface area contributed by atoms with Gasteiger partial charge in [-0.15, -0.1) is 0 Å². The molecule has 11 heteroatoms. The number of Topliss-reactive ketones (excluding diaryl/α,β-unsaturated/α-hetero) is 2. The minimum atomic E-state index is -1.00. The Labute approximate surface area is 271 Å². The summed E-state index contributed by atoms with van der Waals surface area (Å²) in [5.41, 5.74) is 1.61. The largest absolute Gasteiger partial charge is 0.417 e. The molecule has 2 saturated heterocycles. The first-order valence-electron chi connectivity index (χ1n) is 16.8. The third-order valence-electron chi connectivity index (χ3n) is 9.71. The number of aliphatic hydroxyl groups excluding tert-OH is 1. The molecule has 4 rings (SSSR count). The van der Waals surface area contributed by atoms with Gasteiger partial charge in [0.15, 0.2) is 11.6 Å². The van der Waals surface area contributed by atoms with Gasteiger partial charge in [0.25, 0.3) is 0 Å². The predicted octanol–water partition coefficient (Wildman–Crippen LogP) is 3.13. The summed E-state index contributed by atoms with van der Waals surface area (Å²) in [5.74, 6) is -2.30. The molecule has 0 bridgehead atoms. The second-order valence-electron chi connectivity index (χ2n) is 13.0. The van der Waals surface area contributed by atoms with Crippen LogP contribution in [0.25, 0.3) is 10.9 Å². The Morgan fingerprint density at radius 3 is 2.52 bits per heavy atom. The van der Waals surface area contributed by atoms with Gasteiger partial charge in [0.1, 0.15) is 25.3 Å². The van der Waals surface area contributed by atoms with Crippen LogP contribution in [0.2, 0.25) is 0 Å². The SMILES string of the molecule is CCC(C)[C@@H]1NC(=O)[C@H](Cc2cn(OC)c3ccccc23)NC(=O)[C@H](CCCCCC(=O)C(C)O)CC(=O)[C@H]2CCCCN2C1=O. The normalized spacial score (nSPS) is 24.3. The standard InChI is InChI=1S/C35H50N4O7/c1-5-22(2)32-35(45)38-18-12-11-16-29(38)31(42)20-24(13-7-6-8-17-30(41)23(3)40)33(43)36-27(34(44)37-32)19-25-21-39(46-4)28-15-10-9-14-26(25)28/h9-10,14-15,21-24,27,29,32,40H,5-8,11-13,16-20H2,1-4H3,(H,36,43)(H,37,44)/t22?,23?,24-,27+,29-,32+/m1/s1. The molecule has 1 aromatic carbocycles. The van der Waals surface area contributed by atoms with Crippen molar-refractivity contribution in [3.05, 3.63) is 36.0 Å². The average Bonchev–Trinajstić information content (AvgIpc) is 3.41. The molecule has 2 fully saturated rings. The van der Waals surface area contributed by atoms with Crippen molar-refractivity contribution in [1.82, 2.24) is 20.3 Å². The fraction of sp³-hybridized carbons (Fsp3) is 0.629. The lowest BCUT2D eigenvalue weighted by Crippen LogP contribution is -2.61. The number of nitrogens with zero attached hydrogens (tertiary/aromatic N) is 2. The minimum absolute atomic E-state index is 0.0296. The maximum atomic E-state index is 14.1. The van der Waals surface area contributed by atoms with Gasteiger partial charge in [0, 0.05) is 43.3 Å². The zero-order chi connectivity index (χ0) is 33.4. The third kappa shape index (κ3) is 8.34. The molecule has 2 aliphatic rings. The number of hydrogen-bond donors (Lipinski definition) is 3. The van der Waals surface area contributed by atoms with Gasteiger partial charge in [-0.3, -0.25) is 24.0 Å². The van der Waals surface area contributed by atoms with E-state index in [1.165, 1.54) is 6.92 Å². The van der Waals surface area contributed by atoms with Crippen molar-refractivity contribution in [3.8, 4) is 0 Å². The number of benzene rings is 1. The minimum Gasteiger partial charge on any atom is -0.417 e. The van der Waals surface area contributed by atoms with Crippen LogP contribution in [0.3, 0.4) is 0 Å². The summed E-state index contributed by atoms with van der Waals surface area (Å²) in [6, 6.07) is 5.18. The average molecular weight is 639 g/mol. The summed E-state index contributed by atoms with van der Waals surface area (Å²) in [7, 11) is 1.55. The number of amides is 3. The lowest BCUT2D eigenvalue weighted by atomic mass is 9.87. The number of unbranched alkanes of at least 4 members (excludes halogenated alkanes) is 2. The van der Waals surface area contributed by atoms with Gasteiger partial charge < -0.3 is 25.5 Å². The Morgan fingerprint density at radius 1 is 1.04 bits per heavy atom. The molecular formula is C35H50N4O7. The summed E-state index contributed by atoms with van der Waals surface area (Å²) in [4.78, 5) is 74.9. The summed E-state index contributed by atoms with van der Waals surface area (Å²) in [6.07, 6.45) is 6.16. The van der Waals surface area contributed by atoms with Gasteiger partial charge in [-0.05, 0) is 56.6 Å². The highest BCUT2D eigenvalue weighted by atomic mass is 16.6. The van der Waals surface area contributed by atoms with Crippen LogP contribution >= 0.6 is 0 Å². The smallest absolute Gasteiger partial charge is 0.246 e. The van der Waals surface area contributed by atoms with Crippen molar-refractivity contribution < 1.29 is 33.9 Å². The van der Waals surface area contributed by atoms with Gasteiger partial charge in [-0.2, -0.15) is 4.73 Å². The number of para-hydroxylation sites is 1. The predicted molar refractivity (Wildman–Crippen MR) is 174 cm³/mol. The van der Waals surface area contributed by atoms with Crippen LogP contribution in [0.15, 0.2) is 30.5 Å². The molecular weight excluding hydrogens is 588 g/mol. The number of carbonyl (C=O) groups is 5. The highest BCUT2D eigenvalue weighted by Gasteiger charge is 2.41. The molecule has 252 valence electrons. The van der Waals surface area contributed by atoms with E-state index in [1.807, 2.05) is 38.1 Å². The van der Waals surface area contributed by atoms with Gasteiger partial charge in [0.2, 0.25) is 17.7 Å². The molecule has 11 nitrogen and oxygen atoms in total. The van der Waals surface area contributed by atoms with E-state index in [0.29, 0.717) is 45.1 Å². The number of ketones is 2. The number of rotatable bonds is 12. The third-order valence-corrected chi connectivity index (χ3v) is 9.71. The first-order valence-corrected chi connectivity index (χ1v) is 16.8. The van der Waals surface area contributed by atoms with Crippen LogP contribution in [0.1, 0.15) is 90.5 Å². The van der Waals surface area contributed by atoms with Gasteiger partial charge in [-0.25, -0.2) is 0 Å². The van der Waals surface area contributed by atoms with Crippen molar-refractivity contribution in [2.24, 2.45) is 11.8 Å². The van der Waals surface area contributed by atoms with Crippen molar-refractivity contribution in [1.29, 1.82) is 0 Å². The molecule has 6 atom stereocenters. The number of aliphatic hydroxyl groups is 1. The number of hydrogen-bond acceptors (Lipinski definition) is 7. The molecule has 0 aliphatic carbocycles. The fourth-order valence-corrected chi connectivity index (χ4v) is 6.68. The van der Waals surface area contributed by atoms with E-state index in [1.54, 1.807) is 22.9 Å². The quantitative estimate of drug-likeness (QED) is 0.303. The molecule has 0 spiro atoms. The summed E-state index contributed by atoms with van der Waals surface area (Å²) < 4.78 is 1.62. The first kappa shape index (κ1) is 35.1. The Hall–Kier alpha value is -3.73. The summed E-state index contributed by atoms with van der Waals surface area (Å²) >= 11 is 0. The lowest BCUT2D eigenvalue weighted by molar-refractivity contribution is -0.147. The van der Waals surface area contributed by atoms with E-state index in [0.717, 1.165) is 29.3 Å². The highest BCUT2D eigenvalue weighted by Crippen LogP contribution is 2.27. The molecule has 0 radical (unpaired) electrons. The maximum Gasteiger partial charge on any atom is 0.246 e. The molecule has 3 N–H and O–H groups in total. The summed E-state index contributed by atoms with van der Waals surface area (Å²) in [5, 5.41) is 16.3. The molecule has 2 unspecified atom stereocenters. The van der Waals surface area contributed by atoms with Crippen molar-refractivity contribution in [2.45, 2.75) is 116 Å². The Kier molecular flexibility index (Phi) is 12.4. The molecule has 2 aromatic rings. The Balaban J connectivity index is 1.65. The van der Waals surface area contributed by atoms with Crippen molar-refractivity contribution in [2.75, 3.05) is 13.7 Å². The molecule has 2 aliphatic heterocycles. The number of fused-ring (bicyclic) bond motifs is 2. The Bertz CT molecular complexity index is 1400. The zero-order valence-corrected chi connectivity index (χ0v) is 27.6. The lowest BCUT2D eigenvalue weighted by Gasteiger charge is -2.39. The van der Waals surface area contributed by atoms with Crippen molar-refractivity contribution in [3.63, 3.8) is 0 Å². The van der Waals surface area contributed by atoms with E-state index < -0.39 is 36.1 Å².